The van der Waals surface area contributed by atoms with Gasteiger partial charge < -0.3 is 14.6 Å². The number of carbonyl (C=O) groups excluding carboxylic acids is 1. The smallest absolute Gasteiger partial charge is 0.257 e. The van der Waals surface area contributed by atoms with Gasteiger partial charge >= 0.3 is 0 Å². The lowest BCUT2D eigenvalue weighted by molar-refractivity contribution is 0.0705. The molecule has 0 aromatic carbocycles. The van der Waals surface area contributed by atoms with Gasteiger partial charge in [0.1, 0.15) is 12.0 Å². The Bertz CT molecular complexity index is 379. The molecule has 1 aromatic rings. The molecule has 2 heterocycles. The van der Waals surface area contributed by atoms with Crippen molar-refractivity contribution in [2.75, 3.05) is 19.6 Å². The van der Waals surface area contributed by atoms with Crippen molar-refractivity contribution in [2.24, 2.45) is 0 Å². The molecule has 4 nitrogen and oxygen atoms in total. The number of nitrogens with zero attached hydrogens (tertiary/aromatic N) is 1. The second-order valence-electron chi connectivity index (χ2n) is 4.57. The van der Waals surface area contributed by atoms with Gasteiger partial charge in [-0.25, -0.2) is 0 Å². The van der Waals surface area contributed by atoms with E-state index < -0.39 is 0 Å². The Hall–Kier alpha value is -1.29. The van der Waals surface area contributed by atoms with E-state index in [-0.39, 0.29) is 5.91 Å². The van der Waals surface area contributed by atoms with E-state index in [1.807, 2.05) is 11.8 Å². The SMILES string of the molecule is CCNC1CCN(C(=O)c2coc(C)c2)CC1. The minimum Gasteiger partial charge on any atom is -0.469 e. The van der Waals surface area contributed by atoms with E-state index in [4.69, 9.17) is 4.42 Å². The fourth-order valence-electron chi connectivity index (χ4n) is 2.31. The Kier molecular flexibility index (Phi) is 3.84. The maximum Gasteiger partial charge on any atom is 0.257 e. The molecule has 1 aromatic heterocycles. The number of likely N-dealkylation sites (tertiary alicyclic amines) is 1. The number of aryl methyl sites for hydroxylation is 1. The largest absolute Gasteiger partial charge is 0.469 e. The first-order chi connectivity index (χ1) is 8.20. The number of rotatable bonds is 3. The number of hydrogen-bond donors (Lipinski definition) is 1. The van der Waals surface area contributed by atoms with E-state index >= 15 is 0 Å². The summed E-state index contributed by atoms with van der Waals surface area (Å²) >= 11 is 0. The molecule has 1 aliphatic rings. The molecule has 1 N–H and O–H groups in total. The molecule has 0 saturated carbocycles. The molecule has 0 radical (unpaired) electrons. The molecule has 1 amide bonds. The summed E-state index contributed by atoms with van der Waals surface area (Å²) in [6, 6.07) is 2.37. The number of amides is 1. The normalized spacial score (nSPS) is 17.4. The molecule has 94 valence electrons. The van der Waals surface area contributed by atoms with Crippen molar-refractivity contribution in [3.8, 4) is 0 Å². The van der Waals surface area contributed by atoms with Crippen molar-refractivity contribution in [1.29, 1.82) is 0 Å². The highest BCUT2D eigenvalue weighted by Gasteiger charge is 2.23. The van der Waals surface area contributed by atoms with E-state index in [1.165, 1.54) is 0 Å². The van der Waals surface area contributed by atoms with Crippen molar-refractivity contribution in [3.05, 3.63) is 23.7 Å². The first-order valence-corrected chi connectivity index (χ1v) is 6.28. The Morgan fingerprint density at radius 2 is 2.24 bits per heavy atom. The van der Waals surface area contributed by atoms with Crippen LogP contribution in [-0.2, 0) is 0 Å². The zero-order chi connectivity index (χ0) is 12.3. The van der Waals surface area contributed by atoms with Gasteiger partial charge in [0.05, 0.1) is 5.56 Å². The minimum atomic E-state index is 0.0943. The molecule has 0 atom stereocenters. The van der Waals surface area contributed by atoms with E-state index in [1.54, 1.807) is 12.3 Å². The van der Waals surface area contributed by atoms with Gasteiger partial charge in [0, 0.05) is 19.1 Å². The Morgan fingerprint density at radius 1 is 1.53 bits per heavy atom. The van der Waals surface area contributed by atoms with Crippen molar-refractivity contribution in [3.63, 3.8) is 0 Å². The van der Waals surface area contributed by atoms with E-state index in [2.05, 4.69) is 12.2 Å². The summed E-state index contributed by atoms with van der Waals surface area (Å²) < 4.78 is 5.18. The molecule has 1 saturated heterocycles. The van der Waals surface area contributed by atoms with Crippen LogP contribution in [0.2, 0.25) is 0 Å². The van der Waals surface area contributed by atoms with Gasteiger partial charge in [-0.1, -0.05) is 6.92 Å². The molecule has 4 heteroatoms. The average Bonchev–Trinajstić information content (AvgIpc) is 2.76. The third-order valence-electron chi connectivity index (χ3n) is 3.25. The summed E-state index contributed by atoms with van der Waals surface area (Å²) in [4.78, 5) is 14.0. The summed E-state index contributed by atoms with van der Waals surface area (Å²) in [6.07, 6.45) is 3.63. The first-order valence-electron chi connectivity index (χ1n) is 6.28. The maximum atomic E-state index is 12.1. The van der Waals surface area contributed by atoms with Crippen LogP contribution in [0, 0.1) is 6.92 Å². The highest BCUT2D eigenvalue weighted by molar-refractivity contribution is 5.94. The quantitative estimate of drug-likeness (QED) is 0.870. The van der Waals surface area contributed by atoms with Gasteiger partial charge in [-0.3, -0.25) is 4.79 Å². The predicted octanol–water partition coefficient (Wildman–Crippen LogP) is 1.80. The molecule has 0 bridgehead atoms. The van der Waals surface area contributed by atoms with Gasteiger partial charge in [0.2, 0.25) is 0 Å². The van der Waals surface area contributed by atoms with Gasteiger partial charge in [0.25, 0.3) is 5.91 Å². The molecule has 17 heavy (non-hydrogen) atoms. The van der Waals surface area contributed by atoms with E-state index in [9.17, 15) is 4.79 Å². The third-order valence-corrected chi connectivity index (χ3v) is 3.25. The van der Waals surface area contributed by atoms with Gasteiger partial charge in [-0.2, -0.15) is 0 Å². The van der Waals surface area contributed by atoms with E-state index in [0.29, 0.717) is 11.6 Å². The third kappa shape index (κ3) is 2.88. The van der Waals surface area contributed by atoms with Crippen molar-refractivity contribution >= 4 is 5.91 Å². The van der Waals surface area contributed by atoms with Crippen molar-refractivity contribution in [1.82, 2.24) is 10.2 Å². The number of furan rings is 1. The summed E-state index contributed by atoms with van der Waals surface area (Å²) in [5.74, 6) is 0.882. The molecular weight excluding hydrogens is 216 g/mol. The molecule has 0 aliphatic carbocycles. The van der Waals surface area contributed by atoms with Crippen LogP contribution in [0.1, 0.15) is 35.9 Å². The number of piperidine rings is 1. The van der Waals surface area contributed by atoms with E-state index in [0.717, 1.165) is 38.2 Å². The zero-order valence-electron chi connectivity index (χ0n) is 10.5. The molecule has 1 fully saturated rings. The lowest BCUT2D eigenvalue weighted by Gasteiger charge is -2.32. The highest BCUT2D eigenvalue weighted by atomic mass is 16.3. The fourth-order valence-corrected chi connectivity index (χ4v) is 2.31. The minimum absolute atomic E-state index is 0.0943. The molecule has 0 spiro atoms. The Morgan fingerprint density at radius 3 is 2.76 bits per heavy atom. The summed E-state index contributed by atoms with van der Waals surface area (Å²) in [5, 5.41) is 3.43. The fraction of sp³-hybridized carbons (Fsp3) is 0.615. The first kappa shape index (κ1) is 12.2. The number of hydrogen-bond acceptors (Lipinski definition) is 3. The van der Waals surface area contributed by atoms with Crippen LogP contribution < -0.4 is 5.32 Å². The number of carbonyl (C=O) groups is 1. The van der Waals surface area contributed by atoms with Crippen LogP contribution in [0.3, 0.4) is 0 Å². The summed E-state index contributed by atoms with van der Waals surface area (Å²) in [5.41, 5.74) is 0.671. The standard InChI is InChI=1S/C13H20N2O2/c1-3-14-12-4-6-15(7-5-12)13(16)11-8-10(2)17-9-11/h8-9,12,14H,3-7H2,1-2H3. The highest BCUT2D eigenvalue weighted by Crippen LogP contribution is 2.15. The second-order valence-corrected chi connectivity index (χ2v) is 4.57. The molecule has 1 aliphatic heterocycles. The van der Waals surface area contributed by atoms with Gasteiger partial charge in [0.15, 0.2) is 0 Å². The predicted molar refractivity (Wildman–Crippen MR) is 66.0 cm³/mol. The second kappa shape index (κ2) is 5.36. The van der Waals surface area contributed by atoms with Crippen molar-refractivity contribution in [2.45, 2.75) is 32.7 Å². The monoisotopic (exact) mass is 236 g/mol. The van der Waals surface area contributed by atoms with Crippen LogP contribution in [0.4, 0.5) is 0 Å². The Labute approximate surface area is 102 Å². The summed E-state index contributed by atoms with van der Waals surface area (Å²) in [7, 11) is 0. The molecular formula is C13H20N2O2. The topological polar surface area (TPSA) is 45.5 Å². The van der Waals surface area contributed by atoms with Crippen LogP contribution in [0.25, 0.3) is 0 Å². The number of nitrogens with one attached hydrogen (secondary N) is 1. The molecule has 0 unspecified atom stereocenters. The lowest BCUT2D eigenvalue weighted by Crippen LogP contribution is -2.44. The average molecular weight is 236 g/mol. The maximum absolute atomic E-state index is 12.1. The summed E-state index contributed by atoms with van der Waals surface area (Å²) in [6.45, 7) is 6.64. The van der Waals surface area contributed by atoms with Gasteiger partial charge in [-0.05, 0) is 32.4 Å². The lowest BCUT2D eigenvalue weighted by atomic mass is 10.0. The van der Waals surface area contributed by atoms with Gasteiger partial charge in [-0.15, -0.1) is 0 Å². The molecule has 2 rings (SSSR count). The Balaban J connectivity index is 1.90. The van der Waals surface area contributed by atoms with Crippen LogP contribution in [0.5, 0.6) is 0 Å². The van der Waals surface area contributed by atoms with Crippen LogP contribution >= 0.6 is 0 Å². The zero-order valence-corrected chi connectivity index (χ0v) is 10.5. The van der Waals surface area contributed by atoms with Crippen molar-refractivity contribution < 1.29 is 9.21 Å². The van der Waals surface area contributed by atoms with Crippen LogP contribution in [-0.4, -0.2) is 36.5 Å². The van der Waals surface area contributed by atoms with Crippen LogP contribution in [0.15, 0.2) is 16.7 Å².